The van der Waals surface area contributed by atoms with E-state index in [0.29, 0.717) is 12.2 Å². The molecule has 0 radical (unpaired) electrons. The number of halogens is 1. The topological polar surface area (TPSA) is 50.1 Å². The second-order valence-electron chi connectivity index (χ2n) is 2.82. The lowest BCUT2D eigenvalue weighted by Gasteiger charge is -2.03. The van der Waals surface area contributed by atoms with Gasteiger partial charge >= 0.3 is 0 Å². The van der Waals surface area contributed by atoms with Crippen LogP contribution >= 0.6 is 12.4 Å². The highest BCUT2D eigenvalue weighted by atomic mass is 35.5. The minimum atomic E-state index is -0.0796. The van der Waals surface area contributed by atoms with Crippen molar-refractivity contribution in [2.45, 2.75) is 13.3 Å². The Balaban J connectivity index is 0.00000196. The highest BCUT2D eigenvalue weighted by molar-refractivity contribution is 6.06. The lowest BCUT2D eigenvalue weighted by atomic mass is 10.1. The van der Waals surface area contributed by atoms with Crippen molar-refractivity contribution in [1.82, 2.24) is 0 Å². The van der Waals surface area contributed by atoms with Crippen molar-refractivity contribution in [3.05, 3.63) is 35.9 Å². The Morgan fingerprint density at radius 3 is 2.47 bits per heavy atom. The molecule has 0 amide bonds. The Bertz CT molecular complexity index is 325. The van der Waals surface area contributed by atoms with E-state index in [9.17, 15) is 4.79 Å². The number of carbonyl (C=O) groups excluding carboxylic acids is 1. The van der Waals surface area contributed by atoms with E-state index in [1.807, 2.05) is 6.07 Å². The number of hydrogen-bond acceptors (Lipinski definition) is 3. The number of ketones is 1. The van der Waals surface area contributed by atoms with Gasteiger partial charge in [-0.1, -0.05) is 30.3 Å². The highest BCUT2D eigenvalue weighted by Gasteiger charge is 2.08. The minimum Gasteiger partial charge on any atom is -0.481 e. The van der Waals surface area contributed by atoms with Crippen LogP contribution in [0.4, 0.5) is 0 Å². The number of benzene rings is 1. The first-order chi connectivity index (χ1) is 6.74. The predicted octanol–water partition coefficient (Wildman–Crippen LogP) is 2.69. The third-order valence-corrected chi connectivity index (χ3v) is 1.74. The first-order valence-electron chi connectivity index (χ1n) is 4.52. The summed E-state index contributed by atoms with van der Waals surface area (Å²) < 4.78 is 4.90. The van der Waals surface area contributed by atoms with Crippen molar-refractivity contribution in [3.8, 4) is 0 Å². The molecule has 0 aliphatic heterocycles. The molecule has 1 rings (SSSR count). The average molecular weight is 228 g/mol. The highest BCUT2D eigenvalue weighted by Crippen LogP contribution is 2.03. The molecule has 1 aromatic carbocycles. The zero-order valence-electron chi connectivity index (χ0n) is 8.53. The molecule has 0 bridgehead atoms. The van der Waals surface area contributed by atoms with Crippen molar-refractivity contribution in [2.75, 3.05) is 6.61 Å². The smallest absolute Gasteiger partial charge is 0.188 e. The van der Waals surface area contributed by atoms with Gasteiger partial charge in [0.25, 0.3) is 0 Å². The van der Waals surface area contributed by atoms with Gasteiger partial charge in [-0.05, 0) is 6.92 Å². The molecule has 0 heterocycles. The van der Waals surface area contributed by atoms with Crippen LogP contribution in [0.3, 0.4) is 0 Å². The Kier molecular flexibility index (Phi) is 6.38. The molecule has 0 saturated heterocycles. The maximum atomic E-state index is 11.5. The Morgan fingerprint density at radius 1 is 1.33 bits per heavy atom. The van der Waals surface area contributed by atoms with E-state index in [-0.39, 0.29) is 30.5 Å². The van der Waals surface area contributed by atoms with E-state index < -0.39 is 0 Å². The molecule has 0 aromatic heterocycles. The fraction of sp³-hybridized carbons (Fsp3) is 0.273. The number of ether oxygens (including phenoxy) is 1. The fourth-order valence-corrected chi connectivity index (χ4v) is 1.10. The fourth-order valence-electron chi connectivity index (χ4n) is 1.10. The second-order valence-corrected chi connectivity index (χ2v) is 2.82. The third kappa shape index (κ3) is 4.61. The van der Waals surface area contributed by atoms with Crippen LogP contribution in [-0.4, -0.2) is 18.3 Å². The molecule has 0 aliphatic rings. The molecule has 0 unspecified atom stereocenters. The molecule has 15 heavy (non-hydrogen) atoms. The SMILES string of the molecule is CCOC(=N)CC(=O)c1ccccc1.Cl. The summed E-state index contributed by atoms with van der Waals surface area (Å²) in [5.74, 6) is -0.0506. The van der Waals surface area contributed by atoms with E-state index in [1.165, 1.54) is 0 Å². The monoisotopic (exact) mass is 227 g/mol. The molecule has 0 saturated carbocycles. The maximum Gasteiger partial charge on any atom is 0.188 e. The van der Waals surface area contributed by atoms with Crippen LogP contribution in [0, 0.1) is 5.41 Å². The van der Waals surface area contributed by atoms with Crippen LogP contribution in [0.25, 0.3) is 0 Å². The number of hydrogen-bond donors (Lipinski definition) is 1. The first kappa shape index (κ1) is 13.7. The predicted molar refractivity (Wildman–Crippen MR) is 62.0 cm³/mol. The number of rotatable bonds is 4. The molecule has 3 nitrogen and oxygen atoms in total. The van der Waals surface area contributed by atoms with Gasteiger partial charge in [-0.3, -0.25) is 10.2 Å². The molecule has 0 aliphatic carbocycles. The van der Waals surface area contributed by atoms with Gasteiger partial charge in [0.05, 0.1) is 13.0 Å². The van der Waals surface area contributed by atoms with Crippen molar-refractivity contribution < 1.29 is 9.53 Å². The van der Waals surface area contributed by atoms with Crippen molar-refractivity contribution >= 4 is 24.1 Å². The van der Waals surface area contributed by atoms with Crippen LogP contribution in [0.15, 0.2) is 30.3 Å². The Morgan fingerprint density at radius 2 is 1.93 bits per heavy atom. The van der Waals surface area contributed by atoms with Gasteiger partial charge in [0.1, 0.15) is 0 Å². The van der Waals surface area contributed by atoms with Crippen molar-refractivity contribution in [2.24, 2.45) is 0 Å². The molecular weight excluding hydrogens is 214 g/mol. The van der Waals surface area contributed by atoms with E-state index in [2.05, 4.69) is 0 Å². The van der Waals surface area contributed by atoms with Crippen molar-refractivity contribution in [3.63, 3.8) is 0 Å². The summed E-state index contributed by atoms with van der Waals surface area (Å²) in [4.78, 5) is 11.5. The minimum absolute atomic E-state index is 0. The number of carbonyl (C=O) groups is 1. The summed E-state index contributed by atoms with van der Waals surface area (Å²) in [6, 6.07) is 8.93. The molecule has 0 spiro atoms. The van der Waals surface area contributed by atoms with Gasteiger partial charge in [0.15, 0.2) is 11.7 Å². The second kappa shape index (κ2) is 7.01. The van der Waals surface area contributed by atoms with E-state index in [0.717, 1.165) is 0 Å². The Labute approximate surface area is 95.4 Å². The molecule has 0 fully saturated rings. The van der Waals surface area contributed by atoms with Crippen LogP contribution < -0.4 is 0 Å². The maximum absolute atomic E-state index is 11.5. The lowest BCUT2D eigenvalue weighted by Crippen LogP contribution is -2.10. The summed E-state index contributed by atoms with van der Waals surface area (Å²) in [5, 5.41) is 7.33. The van der Waals surface area contributed by atoms with E-state index >= 15 is 0 Å². The molecule has 0 atom stereocenters. The molecule has 1 N–H and O–H groups in total. The Hall–Kier alpha value is -1.35. The number of nitrogens with one attached hydrogen (secondary N) is 1. The van der Waals surface area contributed by atoms with Gasteiger partial charge in [-0.25, -0.2) is 0 Å². The van der Waals surface area contributed by atoms with Crippen molar-refractivity contribution in [1.29, 1.82) is 5.41 Å². The van der Waals surface area contributed by atoms with Crippen LogP contribution in [0.1, 0.15) is 23.7 Å². The van der Waals surface area contributed by atoms with E-state index in [4.69, 9.17) is 10.1 Å². The van der Waals surface area contributed by atoms with Gasteiger partial charge in [-0.15, -0.1) is 12.4 Å². The van der Waals surface area contributed by atoms with Gasteiger partial charge in [0.2, 0.25) is 0 Å². The number of Topliss-reactive ketones (excluding diaryl/α,β-unsaturated/α-hetero) is 1. The summed E-state index contributed by atoms with van der Waals surface area (Å²) in [7, 11) is 0. The zero-order valence-corrected chi connectivity index (χ0v) is 9.34. The molecule has 1 aromatic rings. The lowest BCUT2D eigenvalue weighted by molar-refractivity contribution is 0.0993. The normalized spacial score (nSPS) is 8.87. The molecular formula is C11H14ClNO2. The summed E-state index contributed by atoms with van der Waals surface area (Å²) in [5.41, 5.74) is 0.622. The van der Waals surface area contributed by atoms with Crippen LogP contribution in [0.2, 0.25) is 0 Å². The standard InChI is InChI=1S/C11H13NO2.ClH/c1-2-14-11(12)8-10(13)9-6-4-3-5-7-9;/h3-7,12H,2,8H2,1H3;1H. The summed E-state index contributed by atoms with van der Waals surface area (Å²) >= 11 is 0. The molecule has 4 heteroatoms. The average Bonchev–Trinajstić information content (AvgIpc) is 2.19. The zero-order chi connectivity index (χ0) is 10.4. The first-order valence-corrected chi connectivity index (χ1v) is 4.52. The quantitative estimate of drug-likeness (QED) is 0.489. The summed E-state index contributed by atoms with van der Waals surface area (Å²) in [6.45, 7) is 2.22. The van der Waals surface area contributed by atoms with Gasteiger partial charge in [-0.2, -0.15) is 0 Å². The molecule has 82 valence electrons. The largest absolute Gasteiger partial charge is 0.481 e. The third-order valence-electron chi connectivity index (χ3n) is 1.74. The van der Waals surface area contributed by atoms with Crippen LogP contribution in [0.5, 0.6) is 0 Å². The summed E-state index contributed by atoms with van der Waals surface area (Å²) in [6.07, 6.45) is 0.0395. The van der Waals surface area contributed by atoms with Gasteiger partial charge < -0.3 is 4.74 Å². The van der Waals surface area contributed by atoms with Crippen LogP contribution in [-0.2, 0) is 4.74 Å². The van der Waals surface area contributed by atoms with Gasteiger partial charge in [0, 0.05) is 5.56 Å². The van der Waals surface area contributed by atoms with E-state index in [1.54, 1.807) is 31.2 Å².